The molecule has 21 heavy (non-hydrogen) atoms. The zero-order chi connectivity index (χ0) is 15.7. The van der Waals surface area contributed by atoms with Crippen molar-refractivity contribution in [1.82, 2.24) is 10.2 Å². The van der Waals surface area contributed by atoms with E-state index in [9.17, 15) is 14.7 Å². The molecule has 2 aliphatic rings. The van der Waals surface area contributed by atoms with Crippen molar-refractivity contribution in [1.29, 1.82) is 0 Å². The molecule has 0 aromatic carbocycles. The molecule has 0 aromatic rings. The Balaban J connectivity index is 1.95. The monoisotopic (exact) mass is 298 g/mol. The number of amides is 2. The fraction of sp³-hybridized carbons (Fsp3) is 0.867. The summed E-state index contributed by atoms with van der Waals surface area (Å²) in [6.07, 6.45) is 3.33. The summed E-state index contributed by atoms with van der Waals surface area (Å²) in [6, 6.07) is -0.179. The van der Waals surface area contributed by atoms with Crippen LogP contribution in [-0.4, -0.2) is 54.4 Å². The summed E-state index contributed by atoms with van der Waals surface area (Å²) >= 11 is 0. The first-order valence-electron chi connectivity index (χ1n) is 7.68. The quantitative estimate of drug-likeness (QED) is 0.809. The van der Waals surface area contributed by atoms with Crippen LogP contribution in [0.3, 0.4) is 0 Å². The maximum atomic E-state index is 12.3. The van der Waals surface area contributed by atoms with Crippen LogP contribution in [0.25, 0.3) is 0 Å². The summed E-state index contributed by atoms with van der Waals surface area (Å²) in [6.45, 7) is 5.27. The topological polar surface area (TPSA) is 78.9 Å². The Morgan fingerprint density at radius 3 is 2.76 bits per heavy atom. The molecule has 0 spiro atoms. The second kappa shape index (κ2) is 5.83. The van der Waals surface area contributed by atoms with Crippen molar-refractivity contribution in [2.75, 3.05) is 26.7 Å². The Labute approximate surface area is 125 Å². The normalized spacial score (nSPS) is 30.8. The molecule has 2 amide bonds. The predicted molar refractivity (Wildman–Crippen MR) is 78.1 cm³/mol. The third-order valence-electron chi connectivity index (χ3n) is 5.44. The van der Waals surface area contributed by atoms with Gasteiger partial charge in [-0.2, -0.15) is 0 Å². The van der Waals surface area contributed by atoms with E-state index in [0.29, 0.717) is 26.1 Å². The summed E-state index contributed by atoms with van der Waals surface area (Å²) in [4.78, 5) is 25.5. The molecule has 1 saturated carbocycles. The molecule has 3 atom stereocenters. The molecule has 2 N–H and O–H groups in total. The molecule has 2 rings (SSSR count). The zero-order valence-corrected chi connectivity index (χ0v) is 13.1. The molecule has 0 bridgehead atoms. The maximum absolute atomic E-state index is 12.3. The third-order valence-corrected chi connectivity index (χ3v) is 5.44. The van der Waals surface area contributed by atoms with E-state index in [2.05, 4.69) is 5.32 Å². The number of nitrogens with one attached hydrogen (secondary N) is 1. The number of aliphatic carboxylic acids is 1. The van der Waals surface area contributed by atoms with Crippen LogP contribution in [-0.2, 0) is 9.53 Å². The number of carbonyl (C=O) groups is 2. The van der Waals surface area contributed by atoms with Gasteiger partial charge in [0.1, 0.15) is 0 Å². The molecule has 0 aromatic heterocycles. The van der Waals surface area contributed by atoms with Gasteiger partial charge >= 0.3 is 12.0 Å². The lowest BCUT2D eigenvalue weighted by Gasteiger charge is -2.28. The fourth-order valence-electron chi connectivity index (χ4n) is 3.51. The summed E-state index contributed by atoms with van der Waals surface area (Å²) in [7, 11) is 1.63. The minimum absolute atomic E-state index is 0.0979. The fourth-order valence-corrected chi connectivity index (χ4v) is 3.51. The minimum Gasteiger partial charge on any atom is -0.481 e. The van der Waals surface area contributed by atoms with Gasteiger partial charge in [-0.1, -0.05) is 13.3 Å². The van der Waals surface area contributed by atoms with Gasteiger partial charge in [0.25, 0.3) is 0 Å². The SMILES string of the molecule is CCC(C)(CNC(=O)N1C[C@@H]2CCC[C@@]2(C(=O)O)C1)OC. The van der Waals surface area contributed by atoms with Crippen molar-refractivity contribution < 1.29 is 19.4 Å². The van der Waals surface area contributed by atoms with Gasteiger partial charge in [0.2, 0.25) is 0 Å². The van der Waals surface area contributed by atoms with Crippen LogP contribution >= 0.6 is 0 Å². The van der Waals surface area contributed by atoms with E-state index in [0.717, 1.165) is 19.3 Å². The maximum Gasteiger partial charge on any atom is 0.317 e. The molecule has 1 saturated heterocycles. The van der Waals surface area contributed by atoms with E-state index >= 15 is 0 Å². The molecule has 1 heterocycles. The Bertz CT molecular complexity index is 422. The lowest BCUT2D eigenvalue weighted by Crippen LogP contribution is -2.47. The zero-order valence-electron chi connectivity index (χ0n) is 13.1. The molecular formula is C15H26N2O4. The van der Waals surface area contributed by atoms with Gasteiger partial charge in [-0.15, -0.1) is 0 Å². The number of nitrogens with zero attached hydrogens (tertiary/aromatic N) is 1. The Hall–Kier alpha value is -1.30. The highest BCUT2D eigenvalue weighted by Crippen LogP contribution is 2.48. The van der Waals surface area contributed by atoms with Crippen LogP contribution in [0.5, 0.6) is 0 Å². The van der Waals surface area contributed by atoms with Gasteiger partial charge in [-0.05, 0) is 32.1 Å². The van der Waals surface area contributed by atoms with Crippen LogP contribution in [0.4, 0.5) is 4.79 Å². The summed E-state index contributed by atoms with van der Waals surface area (Å²) in [5, 5.41) is 12.4. The largest absolute Gasteiger partial charge is 0.481 e. The van der Waals surface area contributed by atoms with Crippen molar-refractivity contribution in [3.8, 4) is 0 Å². The number of hydrogen-bond acceptors (Lipinski definition) is 3. The lowest BCUT2D eigenvalue weighted by molar-refractivity contribution is -0.149. The second-order valence-electron chi connectivity index (χ2n) is 6.60. The molecule has 1 aliphatic carbocycles. The number of likely N-dealkylation sites (tertiary alicyclic amines) is 1. The molecule has 1 aliphatic heterocycles. The third kappa shape index (κ3) is 2.86. The van der Waals surface area contributed by atoms with Gasteiger partial charge in [-0.3, -0.25) is 4.79 Å². The summed E-state index contributed by atoms with van der Waals surface area (Å²) in [5.74, 6) is -0.656. The average Bonchev–Trinajstić information content (AvgIpc) is 3.02. The van der Waals surface area contributed by atoms with E-state index in [1.54, 1.807) is 12.0 Å². The number of carboxylic acid groups (broad SMARTS) is 1. The highest BCUT2D eigenvalue weighted by Gasteiger charge is 2.55. The number of ether oxygens (including phenoxy) is 1. The number of fused-ring (bicyclic) bond motifs is 1. The highest BCUT2D eigenvalue weighted by atomic mass is 16.5. The van der Waals surface area contributed by atoms with Crippen molar-refractivity contribution in [3.05, 3.63) is 0 Å². The number of hydrogen-bond donors (Lipinski definition) is 2. The highest BCUT2D eigenvalue weighted by molar-refractivity contribution is 5.80. The van der Waals surface area contributed by atoms with E-state index in [-0.39, 0.29) is 17.6 Å². The Morgan fingerprint density at radius 2 is 2.24 bits per heavy atom. The smallest absolute Gasteiger partial charge is 0.317 e. The summed E-state index contributed by atoms with van der Waals surface area (Å²) < 4.78 is 5.41. The van der Waals surface area contributed by atoms with Crippen molar-refractivity contribution in [2.24, 2.45) is 11.3 Å². The first kappa shape index (κ1) is 16.1. The molecule has 120 valence electrons. The lowest BCUT2D eigenvalue weighted by atomic mass is 9.81. The number of rotatable bonds is 5. The molecule has 6 nitrogen and oxygen atoms in total. The number of carbonyl (C=O) groups excluding carboxylic acids is 1. The van der Waals surface area contributed by atoms with Gasteiger partial charge in [0.15, 0.2) is 0 Å². The van der Waals surface area contributed by atoms with Crippen LogP contribution in [0.15, 0.2) is 0 Å². The van der Waals surface area contributed by atoms with Crippen LogP contribution in [0, 0.1) is 11.3 Å². The standard InChI is InChI=1S/C15H26N2O4/c1-4-14(2,21-3)9-16-13(20)17-8-11-6-5-7-15(11,10-17)12(18)19/h11H,4-10H2,1-3H3,(H,16,20)(H,18,19)/t11-,14?,15+/m0/s1. The molecule has 2 fully saturated rings. The van der Waals surface area contributed by atoms with Crippen LogP contribution in [0.1, 0.15) is 39.5 Å². The molecule has 1 unspecified atom stereocenters. The van der Waals surface area contributed by atoms with E-state index in [1.807, 2.05) is 13.8 Å². The second-order valence-corrected chi connectivity index (χ2v) is 6.60. The molecule has 0 radical (unpaired) electrons. The number of carboxylic acids is 1. The van der Waals surface area contributed by atoms with Gasteiger partial charge in [0.05, 0.1) is 11.0 Å². The Morgan fingerprint density at radius 1 is 1.52 bits per heavy atom. The first-order valence-corrected chi connectivity index (χ1v) is 7.68. The number of urea groups is 1. The van der Waals surface area contributed by atoms with E-state index in [4.69, 9.17) is 4.74 Å². The summed E-state index contributed by atoms with van der Waals surface area (Å²) in [5.41, 5.74) is -1.09. The van der Waals surface area contributed by atoms with Crippen molar-refractivity contribution >= 4 is 12.0 Å². The Kier molecular flexibility index (Phi) is 4.46. The van der Waals surface area contributed by atoms with Crippen molar-refractivity contribution in [2.45, 2.75) is 45.1 Å². The van der Waals surface area contributed by atoms with Gasteiger partial charge in [-0.25, -0.2) is 4.79 Å². The minimum atomic E-state index is -0.754. The van der Waals surface area contributed by atoms with Gasteiger partial charge < -0.3 is 20.1 Å². The van der Waals surface area contributed by atoms with Gasteiger partial charge in [0, 0.05) is 26.7 Å². The average molecular weight is 298 g/mol. The van der Waals surface area contributed by atoms with Crippen LogP contribution < -0.4 is 5.32 Å². The van der Waals surface area contributed by atoms with E-state index in [1.165, 1.54) is 0 Å². The van der Waals surface area contributed by atoms with Crippen LogP contribution in [0.2, 0.25) is 0 Å². The molecular weight excluding hydrogens is 272 g/mol. The predicted octanol–water partition coefficient (Wildman–Crippen LogP) is 1.70. The molecule has 6 heteroatoms. The van der Waals surface area contributed by atoms with E-state index < -0.39 is 11.4 Å². The van der Waals surface area contributed by atoms with Crippen molar-refractivity contribution in [3.63, 3.8) is 0 Å². The number of methoxy groups -OCH3 is 1. The first-order chi connectivity index (χ1) is 9.87.